The van der Waals surface area contributed by atoms with E-state index in [1.807, 2.05) is 58.8 Å². The minimum atomic E-state index is -0.742. The van der Waals surface area contributed by atoms with Gasteiger partial charge >= 0.3 is 11.9 Å². The summed E-state index contributed by atoms with van der Waals surface area (Å²) >= 11 is 20.1. The lowest BCUT2D eigenvalue weighted by molar-refractivity contribution is -0.141. The molecule has 0 fully saturated rings. The first kappa shape index (κ1) is 49.9. The predicted molar refractivity (Wildman–Crippen MR) is 232 cm³/mol. The summed E-state index contributed by atoms with van der Waals surface area (Å²) < 4.78 is 22.1. The van der Waals surface area contributed by atoms with Gasteiger partial charge in [0.25, 0.3) is 0 Å². The Labute approximate surface area is 335 Å². The van der Waals surface area contributed by atoms with Crippen LogP contribution in [-0.4, -0.2) is 138 Å². The third kappa shape index (κ3) is 41.5. The molecule has 0 aliphatic heterocycles. The highest BCUT2D eigenvalue weighted by Crippen LogP contribution is 2.22. The molecule has 8 nitrogen and oxygen atoms in total. The Kier molecular flexibility index (Phi) is 44.2. The summed E-state index contributed by atoms with van der Waals surface area (Å²) in [6.07, 6.45) is 2.37. The minimum absolute atomic E-state index is 0.0407. The second-order valence-electron chi connectivity index (χ2n) is 8.38. The number of hydrogen-bond acceptors (Lipinski definition) is 20. The highest BCUT2D eigenvalue weighted by Gasteiger charge is 2.06. The Balaban J connectivity index is 3.31. The van der Waals surface area contributed by atoms with Crippen molar-refractivity contribution in [3.63, 3.8) is 0 Å². The number of hydrogen-bond donors (Lipinski definition) is 2. The van der Waals surface area contributed by atoms with Crippen molar-refractivity contribution in [1.82, 2.24) is 0 Å². The molecule has 47 heavy (non-hydrogen) atoms. The molecule has 0 rings (SSSR count). The van der Waals surface area contributed by atoms with Gasteiger partial charge in [0, 0.05) is 93.8 Å². The van der Waals surface area contributed by atoms with Gasteiger partial charge in [-0.25, -0.2) is 0 Å². The third-order valence-corrected chi connectivity index (χ3v) is 19.6. The molecule has 0 aromatic heterocycles. The summed E-state index contributed by atoms with van der Waals surface area (Å²) in [6.45, 7) is 0. The Morgan fingerprint density at radius 2 is 0.936 bits per heavy atom. The van der Waals surface area contributed by atoms with E-state index in [2.05, 4.69) is 0 Å². The average molecular weight is 906 g/mol. The van der Waals surface area contributed by atoms with Crippen LogP contribution in [0.1, 0.15) is 25.7 Å². The largest absolute Gasteiger partial charge is 0.455 e. The molecule has 0 aliphatic rings. The SMILES string of the molecule is O=C(CCSCSCSCCCS(=O)CCSCSCSCCSC(=O)CCSCSCSCCC(=O)OCSCO)OCSCO. The Morgan fingerprint density at radius 3 is 1.45 bits per heavy atom. The maximum atomic E-state index is 12.2. The maximum Gasteiger partial charge on any atom is 0.307 e. The van der Waals surface area contributed by atoms with Crippen molar-refractivity contribution in [3.8, 4) is 0 Å². The molecule has 21 heteroatoms. The number of esters is 2. The van der Waals surface area contributed by atoms with Crippen LogP contribution in [-0.2, 0) is 34.7 Å². The van der Waals surface area contributed by atoms with Crippen LogP contribution in [0, 0.1) is 0 Å². The smallest absolute Gasteiger partial charge is 0.307 e. The first-order valence-corrected chi connectivity index (χ1v) is 29.6. The number of rotatable bonds is 37. The van der Waals surface area contributed by atoms with Crippen molar-refractivity contribution in [1.29, 1.82) is 0 Å². The van der Waals surface area contributed by atoms with Crippen molar-refractivity contribution in [3.05, 3.63) is 0 Å². The van der Waals surface area contributed by atoms with E-state index in [-0.39, 0.29) is 40.8 Å². The van der Waals surface area contributed by atoms with Gasteiger partial charge in [-0.05, 0) is 12.2 Å². The van der Waals surface area contributed by atoms with Crippen molar-refractivity contribution in [2.24, 2.45) is 0 Å². The normalized spacial score (nSPS) is 11.9. The molecule has 0 bridgehead atoms. The topological polar surface area (TPSA) is 127 Å². The van der Waals surface area contributed by atoms with Gasteiger partial charge in [0.05, 0.1) is 24.7 Å². The average Bonchev–Trinajstić information content (AvgIpc) is 3.05. The summed E-state index contributed by atoms with van der Waals surface area (Å²) in [5.74, 6) is 7.52. The lowest BCUT2D eigenvalue weighted by atomic mass is 10.5. The number of aliphatic hydroxyl groups excluding tert-OH is 2. The fraction of sp³-hybridized carbons (Fsp3) is 0.885. The van der Waals surface area contributed by atoms with E-state index in [1.165, 1.54) is 23.5 Å². The molecule has 0 heterocycles. The second kappa shape index (κ2) is 41.6. The zero-order chi connectivity index (χ0) is 34.5. The fourth-order valence-electron chi connectivity index (χ4n) is 2.57. The van der Waals surface area contributed by atoms with Gasteiger partial charge in [-0.2, -0.15) is 70.6 Å². The summed E-state index contributed by atoms with van der Waals surface area (Å²) in [4.78, 5) is 34.9. The van der Waals surface area contributed by atoms with Gasteiger partial charge in [0.2, 0.25) is 0 Å². The van der Waals surface area contributed by atoms with Crippen LogP contribution >= 0.6 is 141 Å². The number of thioether (sulfide) groups is 12. The lowest BCUT2D eigenvalue weighted by Crippen LogP contribution is -2.06. The van der Waals surface area contributed by atoms with Crippen LogP contribution in [0.2, 0.25) is 0 Å². The summed E-state index contributed by atoms with van der Waals surface area (Å²) in [7, 11) is -0.742. The molecule has 1 unspecified atom stereocenters. The molecule has 0 spiro atoms. The van der Waals surface area contributed by atoms with Gasteiger partial charge in [-0.15, -0.1) is 35.3 Å². The molecule has 0 aromatic carbocycles. The van der Waals surface area contributed by atoms with Gasteiger partial charge in [0.15, 0.2) is 5.12 Å². The van der Waals surface area contributed by atoms with Gasteiger partial charge in [-0.1, -0.05) is 35.3 Å². The lowest BCUT2D eigenvalue weighted by Gasteiger charge is -2.05. The van der Waals surface area contributed by atoms with Crippen molar-refractivity contribution in [2.75, 3.05) is 106 Å². The monoisotopic (exact) mass is 904 g/mol. The molecule has 0 aliphatic carbocycles. The van der Waals surface area contributed by atoms with E-state index < -0.39 is 10.8 Å². The first-order valence-electron chi connectivity index (χ1n) is 14.4. The van der Waals surface area contributed by atoms with Crippen LogP contribution < -0.4 is 0 Å². The number of carbonyl (C=O) groups excluding carboxylic acids is 3. The van der Waals surface area contributed by atoms with E-state index in [0.717, 1.165) is 100 Å². The molecule has 278 valence electrons. The zero-order valence-electron chi connectivity index (χ0n) is 26.4. The van der Waals surface area contributed by atoms with Crippen LogP contribution in [0.4, 0.5) is 0 Å². The summed E-state index contributed by atoms with van der Waals surface area (Å²) in [5.41, 5.74) is 0. The number of aliphatic hydroxyl groups is 2. The van der Waals surface area contributed by atoms with E-state index in [1.54, 1.807) is 47.0 Å². The summed E-state index contributed by atoms with van der Waals surface area (Å²) in [5, 5.41) is 23.4. The predicted octanol–water partition coefficient (Wildman–Crippen LogP) is 7.27. The molecule has 0 radical (unpaired) electrons. The molecule has 0 saturated heterocycles. The molecular formula is C26H48O8S13. The van der Waals surface area contributed by atoms with Crippen molar-refractivity contribution < 1.29 is 38.3 Å². The van der Waals surface area contributed by atoms with Crippen LogP contribution in [0.3, 0.4) is 0 Å². The first-order chi connectivity index (χ1) is 23.0. The molecular weight excluding hydrogens is 857 g/mol. The molecule has 2 N–H and O–H groups in total. The maximum absolute atomic E-state index is 12.2. The van der Waals surface area contributed by atoms with E-state index in [0.29, 0.717) is 19.3 Å². The number of ether oxygens (including phenoxy) is 2. The Hall–Kier alpha value is 2.88. The van der Waals surface area contributed by atoms with Gasteiger partial charge in [-0.3, -0.25) is 18.6 Å². The van der Waals surface area contributed by atoms with E-state index >= 15 is 0 Å². The van der Waals surface area contributed by atoms with E-state index in [4.69, 9.17) is 19.7 Å². The highest BCUT2D eigenvalue weighted by molar-refractivity contribution is 8.24. The fourth-order valence-corrected chi connectivity index (χ4v) is 16.2. The van der Waals surface area contributed by atoms with Crippen LogP contribution in [0.15, 0.2) is 0 Å². The molecule has 0 aromatic rings. The van der Waals surface area contributed by atoms with Crippen molar-refractivity contribution >= 4 is 169 Å². The highest BCUT2D eigenvalue weighted by atomic mass is 32.2. The van der Waals surface area contributed by atoms with Crippen LogP contribution in [0.25, 0.3) is 0 Å². The second-order valence-corrected chi connectivity index (χ2v) is 24.8. The Bertz CT molecular complexity index is 774. The molecule has 0 saturated carbocycles. The molecule has 0 amide bonds. The Morgan fingerprint density at radius 1 is 0.489 bits per heavy atom. The minimum Gasteiger partial charge on any atom is -0.455 e. The van der Waals surface area contributed by atoms with Crippen LogP contribution in [0.5, 0.6) is 0 Å². The standard InChI is InChI=1S/C26H48O8S13/c27-14-41-16-33-24(29)2-6-36-19-43-18-35-5-1-12-47(32)13-11-40-23-45-22-39-9-10-46-26(31)4-8-38-21-44-20-37-7-3-25(30)34-17-42-15-28/h27-28H,1-23H2. The summed E-state index contributed by atoms with van der Waals surface area (Å²) in [6, 6.07) is 0. The molecule has 1 atom stereocenters. The van der Waals surface area contributed by atoms with E-state index in [9.17, 15) is 18.6 Å². The third-order valence-electron chi connectivity index (χ3n) is 4.75. The van der Waals surface area contributed by atoms with Gasteiger partial charge < -0.3 is 19.7 Å². The number of carbonyl (C=O) groups is 3. The quantitative estimate of drug-likeness (QED) is 0.0368. The van der Waals surface area contributed by atoms with Gasteiger partial charge in [0.1, 0.15) is 11.9 Å². The zero-order valence-corrected chi connectivity index (χ0v) is 37.0. The van der Waals surface area contributed by atoms with Crippen molar-refractivity contribution in [2.45, 2.75) is 25.7 Å².